The van der Waals surface area contributed by atoms with Gasteiger partial charge in [-0.05, 0) is 49.9 Å². The molecule has 0 bridgehead atoms. The third-order valence-electron chi connectivity index (χ3n) is 5.29. The van der Waals surface area contributed by atoms with Crippen molar-refractivity contribution in [1.82, 2.24) is 9.80 Å². The Morgan fingerprint density at radius 1 is 1.26 bits per heavy atom. The minimum Gasteiger partial charge on any atom is -0.497 e. The van der Waals surface area contributed by atoms with Gasteiger partial charge in [0.15, 0.2) is 0 Å². The van der Waals surface area contributed by atoms with Crippen LogP contribution in [-0.4, -0.2) is 62.8 Å². The predicted molar refractivity (Wildman–Crippen MR) is 93.0 cm³/mol. The van der Waals surface area contributed by atoms with Gasteiger partial charge in [0.1, 0.15) is 5.75 Å². The highest BCUT2D eigenvalue weighted by Crippen LogP contribution is 2.28. The fraction of sp³-hybridized carbons (Fsp3) is 0.684. The zero-order valence-corrected chi connectivity index (χ0v) is 14.5. The molecule has 4 nitrogen and oxygen atoms in total. The van der Waals surface area contributed by atoms with Gasteiger partial charge in [0, 0.05) is 32.2 Å². The number of benzene rings is 1. The molecular formula is C19H30N2O2. The Morgan fingerprint density at radius 2 is 2.09 bits per heavy atom. The number of ether oxygens (including phenoxy) is 2. The van der Waals surface area contributed by atoms with Crippen LogP contribution in [0.15, 0.2) is 24.3 Å². The van der Waals surface area contributed by atoms with E-state index in [-0.39, 0.29) is 0 Å². The minimum atomic E-state index is 0.456. The number of piperidine rings is 1. The lowest BCUT2D eigenvalue weighted by Crippen LogP contribution is -2.45. The van der Waals surface area contributed by atoms with Crippen molar-refractivity contribution >= 4 is 0 Å². The molecule has 3 rings (SSSR count). The molecule has 0 spiro atoms. The van der Waals surface area contributed by atoms with Crippen molar-refractivity contribution < 1.29 is 9.47 Å². The summed E-state index contributed by atoms with van der Waals surface area (Å²) in [6.45, 7) is 9.96. The highest BCUT2D eigenvalue weighted by molar-refractivity contribution is 5.30. The molecule has 0 aromatic heterocycles. The molecule has 2 aliphatic heterocycles. The second-order valence-electron chi connectivity index (χ2n) is 6.87. The monoisotopic (exact) mass is 318 g/mol. The van der Waals surface area contributed by atoms with Crippen LogP contribution in [0.2, 0.25) is 0 Å². The Bertz CT molecular complexity index is 488. The lowest BCUT2D eigenvalue weighted by atomic mass is 9.94. The average Bonchev–Trinajstić information content (AvgIpc) is 2.62. The molecule has 0 saturated carbocycles. The van der Waals surface area contributed by atoms with E-state index >= 15 is 0 Å². The second-order valence-corrected chi connectivity index (χ2v) is 6.87. The molecule has 0 radical (unpaired) electrons. The highest BCUT2D eigenvalue weighted by Gasteiger charge is 2.26. The SMILES string of the molecule is COc1cccc([C@@H](C)N2CCC[C@@H](CN3CCOCC3)C2)c1. The zero-order valence-electron chi connectivity index (χ0n) is 14.5. The van der Waals surface area contributed by atoms with E-state index in [9.17, 15) is 0 Å². The minimum absolute atomic E-state index is 0.456. The van der Waals surface area contributed by atoms with Crippen LogP contribution < -0.4 is 4.74 Å². The summed E-state index contributed by atoms with van der Waals surface area (Å²) in [7, 11) is 1.74. The number of likely N-dealkylation sites (tertiary alicyclic amines) is 1. The number of nitrogens with zero attached hydrogens (tertiary/aromatic N) is 2. The van der Waals surface area contributed by atoms with Gasteiger partial charge in [-0.1, -0.05) is 12.1 Å². The fourth-order valence-corrected chi connectivity index (χ4v) is 3.86. The quantitative estimate of drug-likeness (QED) is 0.833. The average molecular weight is 318 g/mol. The molecule has 0 N–H and O–H groups in total. The van der Waals surface area contributed by atoms with Crippen LogP contribution in [0.3, 0.4) is 0 Å². The van der Waals surface area contributed by atoms with Crippen LogP contribution in [0.5, 0.6) is 5.75 Å². The number of hydrogen-bond donors (Lipinski definition) is 0. The van der Waals surface area contributed by atoms with E-state index in [1.807, 2.05) is 6.07 Å². The maximum absolute atomic E-state index is 5.46. The Balaban J connectivity index is 1.58. The number of rotatable bonds is 5. The van der Waals surface area contributed by atoms with Crippen molar-refractivity contribution in [3.8, 4) is 5.75 Å². The van der Waals surface area contributed by atoms with E-state index in [1.165, 1.54) is 38.0 Å². The van der Waals surface area contributed by atoms with E-state index in [1.54, 1.807) is 7.11 Å². The van der Waals surface area contributed by atoms with Crippen LogP contribution in [0.4, 0.5) is 0 Å². The summed E-state index contributed by atoms with van der Waals surface area (Å²) in [4.78, 5) is 5.22. The van der Waals surface area contributed by atoms with Gasteiger partial charge in [0.25, 0.3) is 0 Å². The molecule has 2 saturated heterocycles. The van der Waals surface area contributed by atoms with Crippen molar-refractivity contribution in [2.24, 2.45) is 5.92 Å². The first-order valence-electron chi connectivity index (χ1n) is 8.94. The van der Waals surface area contributed by atoms with Crippen molar-refractivity contribution in [3.63, 3.8) is 0 Å². The van der Waals surface area contributed by atoms with Gasteiger partial charge in [0.2, 0.25) is 0 Å². The topological polar surface area (TPSA) is 24.9 Å². The van der Waals surface area contributed by atoms with Gasteiger partial charge in [-0.25, -0.2) is 0 Å². The van der Waals surface area contributed by atoms with Crippen molar-refractivity contribution in [1.29, 1.82) is 0 Å². The Hall–Kier alpha value is -1.10. The molecule has 1 aromatic carbocycles. The molecule has 2 aliphatic rings. The zero-order chi connectivity index (χ0) is 16.1. The second kappa shape index (κ2) is 8.13. The molecule has 0 aliphatic carbocycles. The first-order chi connectivity index (χ1) is 11.3. The highest BCUT2D eigenvalue weighted by atomic mass is 16.5. The number of hydrogen-bond acceptors (Lipinski definition) is 4. The van der Waals surface area contributed by atoms with Gasteiger partial charge in [-0.3, -0.25) is 9.80 Å². The summed E-state index contributed by atoms with van der Waals surface area (Å²) in [6.07, 6.45) is 2.67. The molecule has 4 heteroatoms. The van der Waals surface area contributed by atoms with Crippen LogP contribution in [0, 0.1) is 5.92 Å². The molecular weight excluding hydrogens is 288 g/mol. The Kier molecular flexibility index (Phi) is 5.92. The fourth-order valence-electron chi connectivity index (χ4n) is 3.86. The van der Waals surface area contributed by atoms with Gasteiger partial charge in [-0.2, -0.15) is 0 Å². The molecule has 0 amide bonds. The summed E-state index contributed by atoms with van der Waals surface area (Å²) in [6, 6.07) is 8.97. The smallest absolute Gasteiger partial charge is 0.119 e. The van der Waals surface area contributed by atoms with Crippen LogP contribution in [-0.2, 0) is 4.74 Å². The molecule has 2 heterocycles. The van der Waals surface area contributed by atoms with Crippen LogP contribution in [0.1, 0.15) is 31.4 Å². The van der Waals surface area contributed by atoms with Crippen LogP contribution in [0.25, 0.3) is 0 Å². The molecule has 128 valence electrons. The van der Waals surface area contributed by atoms with Gasteiger partial charge in [-0.15, -0.1) is 0 Å². The van der Waals surface area contributed by atoms with Gasteiger partial charge in [0.05, 0.1) is 20.3 Å². The van der Waals surface area contributed by atoms with Gasteiger partial charge < -0.3 is 9.47 Å². The lowest BCUT2D eigenvalue weighted by Gasteiger charge is -2.39. The van der Waals surface area contributed by atoms with Crippen molar-refractivity contribution in [2.75, 3.05) is 53.0 Å². The Labute approximate surface area is 140 Å². The standard InChI is InChI=1S/C19H30N2O2/c1-16(18-6-3-7-19(13-18)22-2)21-8-4-5-17(15-21)14-20-9-11-23-12-10-20/h3,6-7,13,16-17H,4-5,8-12,14-15H2,1-2H3/t16-,17+/m1/s1. The van der Waals surface area contributed by atoms with E-state index in [4.69, 9.17) is 9.47 Å². The van der Waals surface area contributed by atoms with Crippen LogP contribution >= 0.6 is 0 Å². The molecule has 0 unspecified atom stereocenters. The molecule has 1 aromatic rings. The largest absolute Gasteiger partial charge is 0.497 e. The van der Waals surface area contributed by atoms with Crippen molar-refractivity contribution in [2.45, 2.75) is 25.8 Å². The summed E-state index contributed by atoms with van der Waals surface area (Å²) >= 11 is 0. The Morgan fingerprint density at radius 3 is 2.87 bits per heavy atom. The van der Waals surface area contributed by atoms with Gasteiger partial charge >= 0.3 is 0 Å². The first-order valence-corrected chi connectivity index (χ1v) is 8.94. The summed E-state index contributed by atoms with van der Waals surface area (Å²) in [5.74, 6) is 1.74. The number of methoxy groups -OCH3 is 1. The lowest BCUT2D eigenvalue weighted by molar-refractivity contribution is 0.0200. The first kappa shape index (κ1) is 16.7. The van der Waals surface area contributed by atoms with Crippen molar-refractivity contribution in [3.05, 3.63) is 29.8 Å². The third kappa shape index (κ3) is 4.46. The summed E-state index contributed by atoms with van der Waals surface area (Å²) < 4.78 is 10.8. The third-order valence-corrected chi connectivity index (χ3v) is 5.29. The summed E-state index contributed by atoms with van der Waals surface area (Å²) in [5, 5.41) is 0. The normalized spacial score (nSPS) is 25.2. The van der Waals surface area contributed by atoms with E-state index in [2.05, 4.69) is 34.9 Å². The predicted octanol–water partition coefficient (Wildman–Crippen LogP) is 2.80. The van der Waals surface area contributed by atoms with E-state index < -0.39 is 0 Å². The van der Waals surface area contributed by atoms with E-state index in [0.29, 0.717) is 6.04 Å². The summed E-state index contributed by atoms with van der Waals surface area (Å²) in [5.41, 5.74) is 1.36. The maximum atomic E-state index is 5.46. The molecule has 2 atom stereocenters. The number of morpholine rings is 1. The molecule has 23 heavy (non-hydrogen) atoms. The molecule has 2 fully saturated rings. The van der Waals surface area contributed by atoms with E-state index in [0.717, 1.165) is 38.0 Å². The maximum Gasteiger partial charge on any atom is 0.119 e.